The number of amides is 1. The highest BCUT2D eigenvalue weighted by Gasteiger charge is 2.23. The predicted molar refractivity (Wildman–Crippen MR) is 75.4 cm³/mol. The maximum atomic E-state index is 12.0. The van der Waals surface area contributed by atoms with E-state index in [2.05, 4.69) is 11.9 Å². The Balaban J connectivity index is 2.12. The van der Waals surface area contributed by atoms with Crippen LogP contribution >= 0.6 is 0 Å². The summed E-state index contributed by atoms with van der Waals surface area (Å²) < 4.78 is 0. The molecule has 1 heterocycles. The van der Waals surface area contributed by atoms with Crippen LogP contribution in [-0.4, -0.2) is 55.5 Å². The van der Waals surface area contributed by atoms with Crippen molar-refractivity contribution in [1.29, 1.82) is 0 Å². The fourth-order valence-corrected chi connectivity index (χ4v) is 2.59. The largest absolute Gasteiger partial charge is 0.344 e. The molecule has 0 aliphatic carbocycles. The van der Waals surface area contributed by atoms with Crippen LogP contribution in [0.25, 0.3) is 0 Å². The van der Waals surface area contributed by atoms with Gasteiger partial charge in [-0.3, -0.25) is 4.79 Å². The highest BCUT2D eigenvalue weighted by atomic mass is 16.2. The third-order valence-electron chi connectivity index (χ3n) is 3.93. The fourth-order valence-electron chi connectivity index (χ4n) is 2.59. The number of hydrogen-bond acceptors (Lipinski definition) is 3. The molecule has 0 aromatic heterocycles. The number of nitrogens with two attached hydrogens (primary N) is 1. The average molecular weight is 255 g/mol. The van der Waals surface area contributed by atoms with Crippen molar-refractivity contribution >= 4 is 5.91 Å². The summed E-state index contributed by atoms with van der Waals surface area (Å²) in [6, 6.07) is 0.566. The van der Waals surface area contributed by atoms with E-state index >= 15 is 0 Å². The fraction of sp³-hybridized carbons (Fsp3) is 0.929. The summed E-state index contributed by atoms with van der Waals surface area (Å²) in [6.45, 7) is 2.83. The summed E-state index contributed by atoms with van der Waals surface area (Å²) in [7, 11) is 4.09. The zero-order valence-electron chi connectivity index (χ0n) is 12.0. The van der Waals surface area contributed by atoms with Gasteiger partial charge in [-0.25, -0.2) is 0 Å². The first-order valence-corrected chi connectivity index (χ1v) is 7.29. The molecule has 1 unspecified atom stereocenters. The quantitative estimate of drug-likeness (QED) is 0.668. The van der Waals surface area contributed by atoms with Gasteiger partial charge in [-0.15, -0.1) is 0 Å². The van der Waals surface area contributed by atoms with E-state index in [1.165, 1.54) is 19.4 Å². The topological polar surface area (TPSA) is 49.6 Å². The maximum absolute atomic E-state index is 12.0. The minimum Gasteiger partial charge on any atom is -0.344 e. The lowest BCUT2D eigenvalue weighted by molar-refractivity contribution is -0.130. The van der Waals surface area contributed by atoms with Gasteiger partial charge in [0.05, 0.1) is 0 Å². The van der Waals surface area contributed by atoms with Crippen molar-refractivity contribution < 1.29 is 4.79 Å². The van der Waals surface area contributed by atoms with Crippen molar-refractivity contribution in [2.24, 2.45) is 5.73 Å². The second-order valence-electron chi connectivity index (χ2n) is 5.50. The molecule has 1 rings (SSSR count). The lowest BCUT2D eigenvalue weighted by Gasteiger charge is -2.26. The van der Waals surface area contributed by atoms with Crippen LogP contribution in [0.5, 0.6) is 0 Å². The number of carbonyl (C=O) groups excluding carboxylic acids is 1. The first-order chi connectivity index (χ1) is 8.65. The van der Waals surface area contributed by atoms with Crippen LogP contribution < -0.4 is 5.73 Å². The molecule has 2 N–H and O–H groups in total. The third kappa shape index (κ3) is 5.36. The third-order valence-corrected chi connectivity index (χ3v) is 3.93. The van der Waals surface area contributed by atoms with E-state index in [4.69, 9.17) is 5.73 Å². The van der Waals surface area contributed by atoms with E-state index in [9.17, 15) is 4.79 Å². The van der Waals surface area contributed by atoms with E-state index in [-0.39, 0.29) is 0 Å². The van der Waals surface area contributed by atoms with Gasteiger partial charge >= 0.3 is 0 Å². The minimum atomic E-state index is 0.294. The molecule has 4 nitrogen and oxygen atoms in total. The Morgan fingerprint density at radius 3 is 2.67 bits per heavy atom. The average Bonchev–Trinajstić information content (AvgIpc) is 2.74. The van der Waals surface area contributed by atoms with Gasteiger partial charge in [0, 0.05) is 26.1 Å². The van der Waals surface area contributed by atoms with Crippen molar-refractivity contribution in [1.82, 2.24) is 9.80 Å². The number of hydrogen-bond donors (Lipinski definition) is 1. The maximum Gasteiger partial charge on any atom is 0.222 e. The van der Waals surface area contributed by atoms with E-state index in [1.807, 2.05) is 11.9 Å². The lowest BCUT2D eigenvalue weighted by Crippen LogP contribution is -2.39. The molecule has 0 aromatic carbocycles. The zero-order valence-corrected chi connectivity index (χ0v) is 12.0. The van der Waals surface area contributed by atoms with Crippen molar-refractivity contribution in [3.8, 4) is 0 Å². The summed E-state index contributed by atoms with van der Waals surface area (Å²) in [6.07, 6.45) is 7.55. The molecule has 1 amide bonds. The molecule has 106 valence electrons. The van der Waals surface area contributed by atoms with Crippen molar-refractivity contribution in [3.05, 3.63) is 0 Å². The van der Waals surface area contributed by atoms with Crippen molar-refractivity contribution in [2.75, 3.05) is 33.7 Å². The number of likely N-dealkylation sites (tertiary alicyclic amines) is 1. The summed E-state index contributed by atoms with van der Waals surface area (Å²) >= 11 is 0. The zero-order chi connectivity index (χ0) is 13.4. The van der Waals surface area contributed by atoms with Gasteiger partial charge in [0.2, 0.25) is 5.91 Å². The van der Waals surface area contributed by atoms with Crippen LogP contribution in [-0.2, 0) is 4.79 Å². The smallest absolute Gasteiger partial charge is 0.222 e. The Kier molecular flexibility index (Phi) is 7.28. The molecule has 1 aliphatic rings. The van der Waals surface area contributed by atoms with Crippen molar-refractivity contribution in [3.63, 3.8) is 0 Å². The van der Waals surface area contributed by atoms with E-state index in [1.54, 1.807) is 0 Å². The number of nitrogens with zero attached hydrogens (tertiary/aromatic N) is 2. The summed E-state index contributed by atoms with van der Waals surface area (Å²) in [4.78, 5) is 16.2. The first kappa shape index (κ1) is 15.4. The molecule has 0 aromatic rings. The van der Waals surface area contributed by atoms with E-state index in [0.717, 1.165) is 38.8 Å². The van der Waals surface area contributed by atoms with Crippen LogP contribution in [0.1, 0.15) is 44.9 Å². The number of unbranched alkanes of at least 4 members (excludes halogenated alkanes) is 3. The van der Waals surface area contributed by atoms with Gasteiger partial charge in [0.1, 0.15) is 0 Å². The molecule has 0 saturated carbocycles. The summed E-state index contributed by atoms with van der Waals surface area (Å²) in [5.74, 6) is 0.294. The molecule has 1 atom stereocenters. The van der Waals surface area contributed by atoms with Gasteiger partial charge in [-0.1, -0.05) is 12.8 Å². The molecule has 0 radical (unpaired) electrons. The molecule has 0 spiro atoms. The van der Waals surface area contributed by atoms with Crippen molar-refractivity contribution in [2.45, 2.75) is 51.0 Å². The molecule has 0 bridgehead atoms. The van der Waals surface area contributed by atoms with Gasteiger partial charge in [0.15, 0.2) is 0 Å². The van der Waals surface area contributed by atoms with Gasteiger partial charge in [-0.2, -0.15) is 0 Å². The Hall–Kier alpha value is -0.610. The second kappa shape index (κ2) is 8.48. The SMILES string of the molecule is CN(CC1CCCN1C)C(=O)CCCCCCN. The van der Waals surface area contributed by atoms with Gasteiger partial charge < -0.3 is 15.5 Å². The van der Waals surface area contributed by atoms with Gasteiger partial charge in [-0.05, 0) is 45.8 Å². The first-order valence-electron chi connectivity index (χ1n) is 7.29. The van der Waals surface area contributed by atoms with Crippen LogP contribution in [0.15, 0.2) is 0 Å². The molecule has 1 fully saturated rings. The molecular weight excluding hydrogens is 226 g/mol. The Labute approximate surface area is 111 Å². The summed E-state index contributed by atoms with van der Waals surface area (Å²) in [5.41, 5.74) is 5.44. The molecule has 4 heteroatoms. The Morgan fingerprint density at radius 1 is 1.33 bits per heavy atom. The van der Waals surface area contributed by atoms with Crippen LogP contribution in [0.2, 0.25) is 0 Å². The molecule has 18 heavy (non-hydrogen) atoms. The highest BCUT2D eigenvalue weighted by Crippen LogP contribution is 2.16. The van der Waals surface area contributed by atoms with Crippen LogP contribution in [0, 0.1) is 0 Å². The van der Waals surface area contributed by atoms with E-state index in [0.29, 0.717) is 18.4 Å². The summed E-state index contributed by atoms with van der Waals surface area (Å²) in [5, 5.41) is 0. The monoisotopic (exact) mass is 255 g/mol. The van der Waals surface area contributed by atoms with E-state index < -0.39 is 0 Å². The van der Waals surface area contributed by atoms with Gasteiger partial charge in [0.25, 0.3) is 0 Å². The second-order valence-corrected chi connectivity index (χ2v) is 5.50. The standard InChI is InChI=1S/C14H29N3O/c1-16-11-7-8-13(16)12-17(2)14(18)9-5-3-4-6-10-15/h13H,3-12,15H2,1-2H3. The Morgan fingerprint density at radius 2 is 2.06 bits per heavy atom. The molecular formula is C14H29N3O. The number of likely N-dealkylation sites (N-methyl/N-ethyl adjacent to an activating group) is 2. The lowest BCUT2D eigenvalue weighted by atomic mass is 10.1. The van der Waals surface area contributed by atoms with Crippen LogP contribution in [0.4, 0.5) is 0 Å². The Bertz CT molecular complexity index is 245. The number of carbonyl (C=O) groups is 1. The number of rotatable bonds is 8. The molecule has 1 aliphatic heterocycles. The molecule has 1 saturated heterocycles. The normalized spacial score (nSPS) is 20.3. The minimum absolute atomic E-state index is 0.294. The van der Waals surface area contributed by atoms with Crippen LogP contribution in [0.3, 0.4) is 0 Å². The highest BCUT2D eigenvalue weighted by molar-refractivity contribution is 5.75. The predicted octanol–water partition coefficient (Wildman–Crippen LogP) is 1.45.